The van der Waals surface area contributed by atoms with Gasteiger partial charge in [0.15, 0.2) is 5.76 Å². The molecule has 0 saturated carbocycles. The molecule has 2 aromatic heterocycles. The molecular formula is C23H21N3O2. The molecule has 4 rings (SSSR count). The molecule has 5 nitrogen and oxygen atoms in total. The van der Waals surface area contributed by atoms with Gasteiger partial charge in [0.2, 0.25) is 0 Å². The molecular weight excluding hydrogens is 350 g/mol. The highest BCUT2D eigenvalue weighted by Crippen LogP contribution is 2.28. The van der Waals surface area contributed by atoms with E-state index in [1.54, 1.807) is 6.07 Å². The van der Waals surface area contributed by atoms with Crippen molar-refractivity contribution in [3.8, 4) is 11.1 Å². The normalized spacial score (nSPS) is 10.8. The molecule has 2 aromatic carbocycles. The molecule has 0 aliphatic carbocycles. The van der Waals surface area contributed by atoms with Gasteiger partial charge >= 0.3 is 0 Å². The minimum Gasteiger partial charge on any atom is -0.454 e. The summed E-state index contributed by atoms with van der Waals surface area (Å²) in [4.78, 5) is 12.7. The number of aromatic nitrogens is 2. The molecule has 0 atom stereocenters. The van der Waals surface area contributed by atoms with Crippen LogP contribution in [0.4, 0.5) is 5.69 Å². The summed E-state index contributed by atoms with van der Waals surface area (Å²) >= 11 is 0. The van der Waals surface area contributed by atoms with E-state index in [0.717, 1.165) is 28.2 Å². The van der Waals surface area contributed by atoms with Gasteiger partial charge in [-0.3, -0.25) is 9.48 Å². The number of carbonyl (C=O) groups is 1. The van der Waals surface area contributed by atoms with Crippen LogP contribution in [0.2, 0.25) is 0 Å². The predicted octanol–water partition coefficient (Wildman–Crippen LogP) is 5.06. The highest BCUT2D eigenvalue weighted by Gasteiger charge is 2.14. The first-order valence-corrected chi connectivity index (χ1v) is 9.16. The molecule has 0 fully saturated rings. The summed E-state index contributed by atoms with van der Waals surface area (Å²) < 4.78 is 7.62. The number of furan rings is 1. The topological polar surface area (TPSA) is 60.1 Å². The number of amides is 1. The van der Waals surface area contributed by atoms with Crippen molar-refractivity contribution >= 4 is 11.6 Å². The molecule has 0 aliphatic rings. The molecule has 5 heteroatoms. The van der Waals surface area contributed by atoms with E-state index in [1.165, 1.54) is 0 Å². The fraction of sp³-hybridized carbons (Fsp3) is 0.130. The largest absolute Gasteiger partial charge is 0.454 e. The van der Waals surface area contributed by atoms with Crippen molar-refractivity contribution < 1.29 is 9.21 Å². The second-order valence-corrected chi connectivity index (χ2v) is 6.72. The molecule has 0 spiro atoms. The number of rotatable bonds is 5. The molecule has 0 bridgehead atoms. The molecule has 2 heterocycles. The van der Waals surface area contributed by atoms with E-state index >= 15 is 0 Å². The van der Waals surface area contributed by atoms with Gasteiger partial charge in [-0.25, -0.2) is 0 Å². The summed E-state index contributed by atoms with van der Waals surface area (Å²) in [6.07, 6.45) is 0. The standard InChI is InChI=1S/C23H21N3O2/c1-16-14-17(2)26(25-16)15-19-12-13-22(28-19)23(27)24-21-11-7-6-10-20(21)18-8-4-3-5-9-18/h3-14H,15H2,1-2H3,(H,24,27). The second-order valence-electron chi connectivity index (χ2n) is 6.72. The van der Waals surface area contributed by atoms with Gasteiger partial charge in [-0.15, -0.1) is 0 Å². The number of anilines is 1. The first-order chi connectivity index (χ1) is 13.6. The Morgan fingerprint density at radius 2 is 1.75 bits per heavy atom. The van der Waals surface area contributed by atoms with Crippen LogP contribution in [0.15, 0.2) is 77.2 Å². The number of benzene rings is 2. The van der Waals surface area contributed by atoms with Crippen LogP contribution >= 0.6 is 0 Å². The molecule has 1 amide bonds. The molecule has 0 radical (unpaired) electrons. The number of para-hydroxylation sites is 1. The van der Waals surface area contributed by atoms with E-state index in [-0.39, 0.29) is 11.7 Å². The number of nitrogens with one attached hydrogen (secondary N) is 1. The Morgan fingerprint density at radius 1 is 1.00 bits per heavy atom. The van der Waals surface area contributed by atoms with Crippen molar-refractivity contribution in [3.63, 3.8) is 0 Å². The van der Waals surface area contributed by atoms with Crippen LogP contribution in [0.25, 0.3) is 11.1 Å². The van der Waals surface area contributed by atoms with Crippen LogP contribution in [0.3, 0.4) is 0 Å². The summed E-state index contributed by atoms with van der Waals surface area (Å²) in [5, 5.41) is 7.39. The Bertz CT molecular complexity index is 1110. The van der Waals surface area contributed by atoms with Gasteiger partial charge in [-0.05, 0) is 43.7 Å². The Kier molecular flexibility index (Phi) is 4.81. The first-order valence-electron chi connectivity index (χ1n) is 9.16. The summed E-state index contributed by atoms with van der Waals surface area (Å²) in [7, 11) is 0. The van der Waals surface area contributed by atoms with Gasteiger partial charge in [0.25, 0.3) is 5.91 Å². The van der Waals surface area contributed by atoms with Gasteiger partial charge in [-0.1, -0.05) is 48.5 Å². The van der Waals surface area contributed by atoms with Gasteiger partial charge in [0.05, 0.1) is 12.2 Å². The van der Waals surface area contributed by atoms with Gasteiger partial charge < -0.3 is 9.73 Å². The molecule has 140 valence electrons. The van der Waals surface area contributed by atoms with Crippen LogP contribution in [-0.2, 0) is 6.54 Å². The maximum atomic E-state index is 12.7. The number of aryl methyl sites for hydroxylation is 2. The molecule has 0 aliphatic heterocycles. The average molecular weight is 371 g/mol. The third-order valence-corrected chi connectivity index (χ3v) is 4.55. The zero-order valence-electron chi connectivity index (χ0n) is 15.8. The molecule has 0 unspecified atom stereocenters. The highest BCUT2D eigenvalue weighted by molar-refractivity contribution is 6.04. The number of hydrogen-bond donors (Lipinski definition) is 1. The zero-order valence-corrected chi connectivity index (χ0v) is 15.8. The van der Waals surface area contributed by atoms with E-state index in [9.17, 15) is 4.79 Å². The van der Waals surface area contributed by atoms with E-state index in [4.69, 9.17) is 4.42 Å². The number of carbonyl (C=O) groups excluding carboxylic acids is 1. The molecule has 28 heavy (non-hydrogen) atoms. The lowest BCUT2D eigenvalue weighted by molar-refractivity contribution is 0.0994. The van der Waals surface area contributed by atoms with Crippen molar-refractivity contribution in [2.45, 2.75) is 20.4 Å². The maximum absolute atomic E-state index is 12.7. The summed E-state index contributed by atoms with van der Waals surface area (Å²) in [5.41, 5.74) is 4.76. The lowest BCUT2D eigenvalue weighted by atomic mass is 10.0. The fourth-order valence-corrected chi connectivity index (χ4v) is 3.21. The van der Waals surface area contributed by atoms with Crippen molar-refractivity contribution in [1.82, 2.24) is 9.78 Å². The Morgan fingerprint density at radius 3 is 2.50 bits per heavy atom. The predicted molar refractivity (Wildman–Crippen MR) is 109 cm³/mol. The van der Waals surface area contributed by atoms with Gasteiger partial charge in [-0.2, -0.15) is 5.10 Å². The van der Waals surface area contributed by atoms with E-state index in [1.807, 2.05) is 85.3 Å². The Hall–Kier alpha value is -3.60. The molecule has 0 saturated heterocycles. The lowest BCUT2D eigenvalue weighted by Crippen LogP contribution is -2.11. The summed E-state index contributed by atoms with van der Waals surface area (Å²) in [6.45, 7) is 4.44. The molecule has 4 aromatic rings. The minimum absolute atomic E-state index is 0.275. The van der Waals surface area contributed by atoms with Crippen LogP contribution in [0.5, 0.6) is 0 Å². The van der Waals surface area contributed by atoms with Crippen LogP contribution in [-0.4, -0.2) is 15.7 Å². The maximum Gasteiger partial charge on any atom is 0.291 e. The number of hydrogen-bond acceptors (Lipinski definition) is 3. The fourth-order valence-electron chi connectivity index (χ4n) is 3.21. The minimum atomic E-state index is -0.275. The second kappa shape index (κ2) is 7.56. The zero-order chi connectivity index (χ0) is 19.5. The third kappa shape index (κ3) is 3.74. The average Bonchev–Trinajstić information content (AvgIpc) is 3.29. The highest BCUT2D eigenvalue weighted by atomic mass is 16.4. The first kappa shape index (κ1) is 17.8. The monoisotopic (exact) mass is 371 g/mol. The summed E-state index contributed by atoms with van der Waals surface area (Å²) in [6, 6.07) is 23.2. The van der Waals surface area contributed by atoms with Crippen LogP contribution < -0.4 is 5.32 Å². The lowest BCUT2D eigenvalue weighted by Gasteiger charge is -2.10. The van der Waals surface area contributed by atoms with E-state index in [0.29, 0.717) is 12.3 Å². The Balaban J connectivity index is 1.53. The number of nitrogens with zero attached hydrogens (tertiary/aromatic N) is 2. The Labute approximate surface area is 163 Å². The van der Waals surface area contributed by atoms with E-state index < -0.39 is 0 Å². The smallest absolute Gasteiger partial charge is 0.291 e. The van der Waals surface area contributed by atoms with Gasteiger partial charge in [0, 0.05) is 16.9 Å². The van der Waals surface area contributed by atoms with Crippen molar-refractivity contribution in [3.05, 3.63) is 95.7 Å². The third-order valence-electron chi connectivity index (χ3n) is 4.55. The quantitative estimate of drug-likeness (QED) is 0.533. The summed E-state index contributed by atoms with van der Waals surface area (Å²) in [5.74, 6) is 0.690. The SMILES string of the molecule is Cc1cc(C)n(Cc2ccc(C(=O)Nc3ccccc3-c3ccccc3)o2)n1. The van der Waals surface area contributed by atoms with Crippen molar-refractivity contribution in [2.75, 3.05) is 5.32 Å². The van der Waals surface area contributed by atoms with Crippen LogP contribution in [0.1, 0.15) is 27.7 Å². The van der Waals surface area contributed by atoms with Gasteiger partial charge in [0.1, 0.15) is 5.76 Å². The van der Waals surface area contributed by atoms with Crippen LogP contribution in [0, 0.1) is 13.8 Å². The van der Waals surface area contributed by atoms with Crippen molar-refractivity contribution in [2.24, 2.45) is 0 Å². The molecule has 1 N–H and O–H groups in total. The van der Waals surface area contributed by atoms with Crippen molar-refractivity contribution in [1.29, 1.82) is 0 Å². The van der Waals surface area contributed by atoms with E-state index in [2.05, 4.69) is 10.4 Å².